The van der Waals surface area contributed by atoms with Gasteiger partial charge in [-0.3, -0.25) is 0 Å². The molecule has 0 aliphatic rings. The van der Waals surface area contributed by atoms with Crippen LogP contribution < -0.4 is 4.74 Å². The Kier molecular flexibility index (Phi) is 3.53. The van der Waals surface area contributed by atoms with E-state index in [2.05, 4.69) is 4.98 Å². The first-order chi connectivity index (χ1) is 8.54. The average Bonchev–Trinajstić information content (AvgIpc) is 2.33. The highest BCUT2D eigenvalue weighted by Gasteiger charge is 2.16. The molecule has 0 bridgehead atoms. The first-order valence-electron chi connectivity index (χ1n) is 5.51. The summed E-state index contributed by atoms with van der Waals surface area (Å²) >= 11 is 5.76. The van der Waals surface area contributed by atoms with Crippen LogP contribution in [0.5, 0.6) is 5.75 Å². The zero-order valence-electron chi connectivity index (χ0n) is 10.4. The fourth-order valence-corrected chi connectivity index (χ4v) is 2.11. The molecule has 0 unspecified atom stereocenters. The van der Waals surface area contributed by atoms with Gasteiger partial charge in [0, 0.05) is 11.6 Å². The summed E-state index contributed by atoms with van der Waals surface area (Å²) in [5, 5.41) is -0.145. The van der Waals surface area contributed by atoms with Crippen LogP contribution in [0.1, 0.15) is 11.1 Å². The summed E-state index contributed by atoms with van der Waals surface area (Å²) in [7, 11) is 1.49. The van der Waals surface area contributed by atoms with E-state index in [4.69, 9.17) is 16.3 Å². The van der Waals surface area contributed by atoms with Gasteiger partial charge in [0.1, 0.15) is 11.4 Å². The molecule has 0 aliphatic carbocycles. The molecule has 1 aromatic heterocycles. The van der Waals surface area contributed by atoms with Crippen molar-refractivity contribution in [3.8, 4) is 17.0 Å². The summed E-state index contributed by atoms with van der Waals surface area (Å²) < 4.78 is 18.6. The van der Waals surface area contributed by atoms with Gasteiger partial charge in [-0.2, -0.15) is 0 Å². The highest BCUT2D eigenvalue weighted by atomic mass is 35.5. The van der Waals surface area contributed by atoms with Gasteiger partial charge in [0.15, 0.2) is 11.0 Å². The van der Waals surface area contributed by atoms with Crippen molar-refractivity contribution in [2.75, 3.05) is 7.11 Å². The van der Waals surface area contributed by atoms with Gasteiger partial charge in [-0.1, -0.05) is 29.8 Å². The number of nitrogens with zero attached hydrogens (tertiary/aromatic N) is 1. The molecular weight excluding hydrogens is 253 g/mol. The number of benzene rings is 1. The first-order valence-corrected chi connectivity index (χ1v) is 5.89. The maximum Gasteiger partial charge on any atom is 0.165 e. The van der Waals surface area contributed by atoms with Gasteiger partial charge in [-0.15, -0.1) is 0 Å². The monoisotopic (exact) mass is 265 g/mol. The standard InChI is InChI=1S/C14H13ClFNO/c1-8-5-4-6-9(2)12(8)13-11(18-3)7-10(16)14(15)17-13/h4-7H,1-3H3. The fourth-order valence-electron chi connectivity index (χ4n) is 1.97. The van der Waals surface area contributed by atoms with Crippen LogP contribution in [0.25, 0.3) is 11.3 Å². The second kappa shape index (κ2) is 4.94. The molecule has 0 aliphatic heterocycles. The van der Waals surface area contributed by atoms with E-state index in [1.165, 1.54) is 13.2 Å². The van der Waals surface area contributed by atoms with E-state index in [9.17, 15) is 4.39 Å². The van der Waals surface area contributed by atoms with Gasteiger partial charge in [0.05, 0.1) is 7.11 Å². The van der Waals surface area contributed by atoms with Crippen molar-refractivity contribution >= 4 is 11.6 Å². The predicted molar refractivity (Wildman–Crippen MR) is 70.7 cm³/mol. The molecule has 0 amide bonds. The van der Waals surface area contributed by atoms with Gasteiger partial charge in [0.25, 0.3) is 0 Å². The van der Waals surface area contributed by atoms with Crippen LogP contribution in [0.2, 0.25) is 5.15 Å². The number of pyridine rings is 1. The van der Waals surface area contributed by atoms with Crippen molar-refractivity contribution < 1.29 is 9.13 Å². The molecule has 0 radical (unpaired) electrons. The number of rotatable bonds is 2. The molecule has 18 heavy (non-hydrogen) atoms. The molecule has 0 fully saturated rings. The minimum Gasteiger partial charge on any atom is -0.494 e. The number of ether oxygens (including phenoxy) is 1. The SMILES string of the molecule is COc1cc(F)c(Cl)nc1-c1c(C)cccc1C. The average molecular weight is 266 g/mol. The molecule has 4 heteroatoms. The van der Waals surface area contributed by atoms with Crippen molar-refractivity contribution in [1.82, 2.24) is 4.98 Å². The highest BCUT2D eigenvalue weighted by Crippen LogP contribution is 2.34. The fraction of sp³-hybridized carbons (Fsp3) is 0.214. The Labute approximate surface area is 110 Å². The molecule has 2 aromatic rings. The Hall–Kier alpha value is -1.61. The molecule has 1 heterocycles. The number of aryl methyl sites for hydroxylation is 2. The smallest absolute Gasteiger partial charge is 0.165 e. The second-order valence-corrected chi connectivity index (χ2v) is 4.44. The maximum absolute atomic E-state index is 13.4. The maximum atomic E-state index is 13.4. The zero-order valence-corrected chi connectivity index (χ0v) is 11.2. The lowest BCUT2D eigenvalue weighted by molar-refractivity contribution is 0.411. The topological polar surface area (TPSA) is 22.1 Å². The van der Waals surface area contributed by atoms with E-state index >= 15 is 0 Å². The first kappa shape index (κ1) is 12.8. The molecular formula is C14H13ClFNO. The van der Waals surface area contributed by atoms with E-state index in [0.717, 1.165) is 16.7 Å². The minimum atomic E-state index is -0.580. The van der Waals surface area contributed by atoms with E-state index in [1.807, 2.05) is 32.0 Å². The molecule has 94 valence electrons. The Morgan fingerprint density at radius 1 is 1.22 bits per heavy atom. The number of aromatic nitrogens is 1. The van der Waals surface area contributed by atoms with Crippen LogP contribution in [-0.2, 0) is 0 Å². The van der Waals surface area contributed by atoms with E-state index in [0.29, 0.717) is 11.4 Å². The summed E-state index contributed by atoms with van der Waals surface area (Å²) in [6.07, 6.45) is 0. The third-order valence-electron chi connectivity index (χ3n) is 2.84. The molecule has 1 aromatic carbocycles. The number of hydrogen-bond acceptors (Lipinski definition) is 2. The lowest BCUT2D eigenvalue weighted by Crippen LogP contribution is -1.97. The molecule has 2 rings (SSSR count). The summed E-state index contributed by atoms with van der Waals surface area (Å²) in [6.45, 7) is 3.95. The zero-order chi connectivity index (χ0) is 13.3. The summed E-state index contributed by atoms with van der Waals surface area (Å²) in [5.41, 5.74) is 3.59. The Bertz CT molecular complexity index is 578. The Balaban J connectivity index is 2.74. The lowest BCUT2D eigenvalue weighted by atomic mass is 9.99. The molecule has 0 N–H and O–H groups in total. The van der Waals surface area contributed by atoms with Crippen LogP contribution >= 0.6 is 11.6 Å². The largest absolute Gasteiger partial charge is 0.494 e. The van der Waals surface area contributed by atoms with Crippen molar-refractivity contribution in [2.45, 2.75) is 13.8 Å². The Morgan fingerprint density at radius 2 is 1.83 bits per heavy atom. The van der Waals surface area contributed by atoms with Crippen molar-refractivity contribution in [2.24, 2.45) is 0 Å². The normalized spacial score (nSPS) is 10.5. The van der Waals surface area contributed by atoms with Gasteiger partial charge < -0.3 is 4.74 Å². The molecule has 2 nitrogen and oxygen atoms in total. The molecule has 0 atom stereocenters. The van der Waals surface area contributed by atoms with Crippen LogP contribution in [0.4, 0.5) is 4.39 Å². The molecule has 0 spiro atoms. The quantitative estimate of drug-likeness (QED) is 0.761. The van der Waals surface area contributed by atoms with E-state index in [1.54, 1.807) is 0 Å². The number of halogens is 2. The van der Waals surface area contributed by atoms with Gasteiger partial charge in [0.2, 0.25) is 0 Å². The predicted octanol–water partition coefficient (Wildman–Crippen LogP) is 4.17. The number of methoxy groups -OCH3 is 1. The third kappa shape index (κ3) is 2.18. The Morgan fingerprint density at radius 3 is 2.39 bits per heavy atom. The third-order valence-corrected chi connectivity index (χ3v) is 3.10. The van der Waals surface area contributed by atoms with Crippen molar-refractivity contribution in [1.29, 1.82) is 0 Å². The summed E-state index contributed by atoms with van der Waals surface area (Å²) in [5.74, 6) is -0.196. The van der Waals surface area contributed by atoms with Crippen LogP contribution in [0, 0.1) is 19.7 Å². The summed E-state index contributed by atoms with van der Waals surface area (Å²) in [6, 6.07) is 7.17. The number of hydrogen-bond donors (Lipinski definition) is 0. The van der Waals surface area contributed by atoms with Crippen molar-refractivity contribution in [3.05, 3.63) is 46.4 Å². The van der Waals surface area contributed by atoms with E-state index < -0.39 is 5.82 Å². The summed E-state index contributed by atoms with van der Waals surface area (Å²) in [4.78, 5) is 4.10. The molecule has 0 saturated carbocycles. The van der Waals surface area contributed by atoms with Crippen LogP contribution in [0.3, 0.4) is 0 Å². The van der Waals surface area contributed by atoms with Crippen LogP contribution in [-0.4, -0.2) is 12.1 Å². The van der Waals surface area contributed by atoms with Crippen LogP contribution in [0.15, 0.2) is 24.3 Å². The van der Waals surface area contributed by atoms with Gasteiger partial charge >= 0.3 is 0 Å². The molecule has 0 saturated heterocycles. The second-order valence-electron chi connectivity index (χ2n) is 4.08. The van der Waals surface area contributed by atoms with Crippen molar-refractivity contribution in [3.63, 3.8) is 0 Å². The van der Waals surface area contributed by atoms with Gasteiger partial charge in [-0.25, -0.2) is 9.37 Å². The highest BCUT2D eigenvalue weighted by molar-refractivity contribution is 6.29. The van der Waals surface area contributed by atoms with Gasteiger partial charge in [-0.05, 0) is 25.0 Å². The van der Waals surface area contributed by atoms with E-state index in [-0.39, 0.29) is 5.15 Å². The lowest BCUT2D eigenvalue weighted by Gasteiger charge is -2.13. The minimum absolute atomic E-state index is 0.145.